The van der Waals surface area contributed by atoms with Gasteiger partial charge in [-0.1, -0.05) is 36.4 Å². The number of carbonyl (C=O) groups is 1. The van der Waals surface area contributed by atoms with Crippen LogP contribution in [-0.4, -0.2) is 45.5 Å². The molecule has 172 valence electrons. The molecule has 1 atom stereocenters. The number of para-hydroxylation sites is 2. The minimum Gasteiger partial charge on any atom is -0.352 e. The Kier molecular flexibility index (Phi) is 5.05. The highest BCUT2D eigenvalue weighted by Crippen LogP contribution is 2.34. The van der Waals surface area contributed by atoms with E-state index >= 15 is 0 Å². The van der Waals surface area contributed by atoms with Gasteiger partial charge in [0.2, 0.25) is 5.91 Å². The molecule has 6 rings (SSSR count). The molecule has 4 aromatic rings. The van der Waals surface area contributed by atoms with Crippen molar-refractivity contribution in [2.45, 2.75) is 33.1 Å². The second-order valence-corrected chi connectivity index (χ2v) is 9.32. The number of benzene rings is 2. The number of carbonyl (C=O) groups excluding carboxylic acids is 1. The van der Waals surface area contributed by atoms with Crippen LogP contribution in [0.3, 0.4) is 0 Å². The van der Waals surface area contributed by atoms with Crippen LogP contribution in [0.2, 0.25) is 0 Å². The summed E-state index contributed by atoms with van der Waals surface area (Å²) in [5.41, 5.74) is 6.12. The van der Waals surface area contributed by atoms with Gasteiger partial charge in [-0.25, -0.2) is 4.68 Å². The van der Waals surface area contributed by atoms with E-state index in [1.807, 2.05) is 46.8 Å². The van der Waals surface area contributed by atoms with Crippen molar-refractivity contribution in [2.75, 3.05) is 29.4 Å². The number of aryl methyl sites for hydroxylation is 2. The number of hydrogen-bond donors (Lipinski definition) is 0. The Balaban J connectivity index is 1.33. The molecule has 0 radical (unpaired) electrons. The summed E-state index contributed by atoms with van der Waals surface area (Å²) >= 11 is 0. The van der Waals surface area contributed by atoms with Gasteiger partial charge in [0.1, 0.15) is 5.52 Å². The Labute approximate surface area is 199 Å². The van der Waals surface area contributed by atoms with Crippen LogP contribution in [0.5, 0.6) is 0 Å². The molecule has 0 bridgehead atoms. The van der Waals surface area contributed by atoms with Gasteiger partial charge in [0.25, 0.3) is 0 Å². The van der Waals surface area contributed by atoms with Crippen LogP contribution in [0.25, 0.3) is 16.6 Å². The molecule has 2 aromatic heterocycles. The van der Waals surface area contributed by atoms with Crippen molar-refractivity contribution in [2.24, 2.45) is 5.92 Å². The fourth-order valence-corrected chi connectivity index (χ4v) is 5.50. The number of nitrogens with zero attached hydrogens (tertiary/aromatic N) is 6. The van der Waals surface area contributed by atoms with Crippen LogP contribution in [0.4, 0.5) is 11.5 Å². The van der Waals surface area contributed by atoms with Gasteiger partial charge < -0.3 is 9.80 Å². The standard InChI is InChI=1S/C27H28N6O/c1-18-24-19(2)33(22-11-4-3-5-12-22)30-25(24)26(29-28-18)31-15-8-10-21(17-31)27(34)32-16-14-20-9-6-7-13-23(20)32/h3-7,9,11-13,21H,8,10,14-17H2,1-2H3. The third kappa shape index (κ3) is 3.34. The van der Waals surface area contributed by atoms with E-state index in [0.29, 0.717) is 6.54 Å². The fraction of sp³-hybridized carbons (Fsp3) is 0.333. The minimum absolute atomic E-state index is 0.0598. The Hall–Kier alpha value is -3.74. The molecule has 2 aliphatic heterocycles. The highest BCUT2D eigenvalue weighted by Gasteiger charge is 2.34. The second kappa shape index (κ2) is 8.24. The van der Waals surface area contributed by atoms with Gasteiger partial charge in [-0.3, -0.25) is 4.79 Å². The van der Waals surface area contributed by atoms with Crippen molar-refractivity contribution < 1.29 is 4.79 Å². The summed E-state index contributed by atoms with van der Waals surface area (Å²) in [6, 6.07) is 18.4. The average molecular weight is 453 g/mol. The lowest BCUT2D eigenvalue weighted by Gasteiger charge is -2.34. The molecular weight excluding hydrogens is 424 g/mol. The third-order valence-corrected chi connectivity index (χ3v) is 7.21. The molecular formula is C27H28N6O. The molecule has 34 heavy (non-hydrogen) atoms. The number of hydrogen-bond acceptors (Lipinski definition) is 5. The summed E-state index contributed by atoms with van der Waals surface area (Å²) in [5, 5.41) is 15.1. The summed E-state index contributed by atoms with van der Waals surface area (Å²) in [7, 11) is 0. The number of anilines is 2. The molecule has 7 nitrogen and oxygen atoms in total. The normalized spacial score (nSPS) is 17.9. The first-order valence-corrected chi connectivity index (χ1v) is 12.0. The van der Waals surface area contributed by atoms with Crippen molar-refractivity contribution in [3.8, 4) is 5.69 Å². The maximum atomic E-state index is 13.5. The Bertz CT molecular complexity index is 1380. The third-order valence-electron chi connectivity index (χ3n) is 7.21. The quantitative estimate of drug-likeness (QED) is 0.465. The first-order valence-electron chi connectivity index (χ1n) is 12.0. The molecule has 2 aromatic carbocycles. The molecule has 1 fully saturated rings. The molecule has 4 heterocycles. The minimum atomic E-state index is -0.0598. The topological polar surface area (TPSA) is 67.2 Å². The van der Waals surface area contributed by atoms with Crippen LogP contribution in [0.15, 0.2) is 54.6 Å². The van der Waals surface area contributed by atoms with Gasteiger partial charge in [0.15, 0.2) is 5.82 Å². The van der Waals surface area contributed by atoms with E-state index in [4.69, 9.17) is 5.10 Å². The van der Waals surface area contributed by atoms with Crippen LogP contribution in [0, 0.1) is 19.8 Å². The predicted octanol–water partition coefficient (Wildman–Crippen LogP) is 4.24. The molecule has 0 saturated carbocycles. The lowest BCUT2D eigenvalue weighted by Crippen LogP contribution is -2.45. The van der Waals surface area contributed by atoms with Gasteiger partial charge in [-0.15, -0.1) is 5.10 Å². The summed E-state index contributed by atoms with van der Waals surface area (Å²) in [6.45, 7) is 6.32. The van der Waals surface area contributed by atoms with Crippen LogP contribution in [-0.2, 0) is 11.2 Å². The highest BCUT2D eigenvalue weighted by molar-refractivity contribution is 5.98. The molecule has 1 amide bonds. The number of piperidine rings is 1. The molecule has 1 saturated heterocycles. The zero-order valence-corrected chi connectivity index (χ0v) is 19.6. The van der Waals surface area contributed by atoms with E-state index < -0.39 is 0 Å². The number of fused-ring (bicyclic) bond motifs is 2. The molecule has 7 heteroatoms. The monoisotopic (exact) mass is 452 g/mol. The first kappa shape index (κ1) is 20.8. The smallest absolute Gasteiger partial charge is 0.231 e. The Morgan fingerprint density at radius 2 is 1.76 bits per heavy atom. The summed E-state index contributed by atoms with van der Waals surface area (Å²) in [6.07, 6.45) is 2.77. The molecule has 0 spiro atoms. The van der Waals surface area contributed by atoms with E-state index in [1.165, 1.54) is 5.56 Å². The number of rotatable bonds is 3. The van der Waals surface area contributed by atoms with E-state index in [9.17, 15) is 4.79 Å². The zero-order valence-electron chi connectivity index (χ0n) is 19.6. The van der Waals surface area contributed by atoms with Crippen LogP contribution in [0.1, 0.15) is 29.8 Å². The summed E-state index contributed by atoms with van der Waals surface area (Å²) in [4.78, 5) is 17.7. The van der Waals surface area contributed by atoms with Crippen LogP contribution < -0.4 is 9.80 Å². The van der Waals surface area contributed by atoms with Crippen LogP contribution >= 0.6 is 0 Å². The molecule has 2 aliphatic rings. The second-order valence-electron chi connectivity index (χ2n) is 9.32. The SMILES string of the molecule is Cc1nnc(N2CCCC(C(=O)N3CCc4ccccc43)C2)c2nn(-c3ccccc3)c(C)c12. The molecule has 0 aliphatic carbocycles. The summed E-state index contributed by atoms with van der Waals surface area (Å²) < 4.78 is 1.97. The van der Waals surface area contributed by atoms with Crippen molar-refractivity contribution in [1.82, 2.24) is 20.0 Å². The Morgan fingerprint density at radius 1 is 0.971 bits per heavy atom. The number of amides is 1. The van der Waals surface area contributed by atoms with Crippen molar-refractivity contribution in [3.63, 3.8) is 0 Å². The zero-order chi connectivity index (χ0) is 23.2. The lowest BCUT2D eigenvalue weighted by atomic mass is 9.96. The van der Waals surface area contributed by atoms with Gasteiger partial charge in [0.05, 0.1) is 28.4 Å². The van der Waals surface area contributed by atoms with Crippen molar-refractivity contribution >= 4 is 28.3 Å². The van der Waals surface area contributed by atoms with Gasteiger partial charge >= 0.3 is 0 Å². The predicted molar refractivity (Wildman–Crippen MR) is 134 cm³/mol. The van der Waals surface area contributed by atoms with E-state index in [0.717, 1.165) is 71.8 Å². The molecule has 0 N–H and O–H groups in total. The maximum absolute atomic E-state index is 13.5. The van der Waals surface area contributed by atoms with E-state index in [2.05, 4.69) is 46.3 Å². The lowest BCUT2D eigenvalue weighted by molar-refractivity contribution is -0.122. The van der Waals surface area contributed by atoms with Gasteiger partial charge in [0, 0.05) is 25.3 Å². The largest absolute Gasteiger partial charge is 0.352 e. The van der Waals surface area contributed by atoms with Crippen molar-refractivity contribution in [3.05, 3.63) is 71.5 Å². The first-order chi connectivity index (χ1) is 16.6. The summed E-state index contributed by atoms with van der Waals surface area (Å²) in [5.74, 6) is 0.935. The maximum Gasteiger partial charge on any atom is 0.231 e. The van der Waals surface area contributed by atoms with E-state index in [1.54, 1.807) is 0 Å². The average Bonchev–Trinajstić information content (AvgIpc) is 3.46. The van der Waals surface area contributed by atoms with Gasteiger partial charge in [-0.05, 0) is 56.9 Å². The van der Waals surface area contributed by atoms with Gasteiger partial charge in [-0.2, -0.15) is 10.2 Å². The Morgan fingerprint density at radius 3 is 2.62 bits per heavy atom. The van der Waals surface area contributed by atoms with Crippen molar-refractivity contribution in [1.29, 1.82) is 0 Å². The molecule has 1 unspecified atom stereocenters. The van der Waals surface area contributed by atoms with E-state index in [-0.39, 0.29) is 11.8 Å². The highest BCUT2D eigenvalue weighted by atomic mass is 16.2. The number of aromatic nitrogens is 4. The fourth-order valence-electron chi connectivity index (χ4n) is 5.50.